The van der Waals surface area contributed by atoms with E-state index in [1.165, 1.54) is 0 Å². The number of H-pyrrole nitrogens is 1. The number of para-hydroxylation sites is 2. The Morgan fingerprint density at radius 1 is 0.906 bits per heavy atom. The van der Waals surface area contributed by atoms with E-state index in [-0.39, 0.29) is 24.3 Å². The van der Waals surface area contributed by atoms with Gasteiger partial charge in [0.05, 0.1) is 20.3 Å². The second-order valence-electron chi connectivity index (χ2n) is 7.83. The molecule has 4 rings (SSSR count). The molecule has 0 saturated heterocycles. The van der Waals surface area contributed by atoms with E-state index >= 15 is 0 Å². The van der Waals surface area contributed by atoms with Gasteiger partial charge in [0, 0.05) is 35.0 Å². The minimum atomic E-state index is -0.209. The summed E-state index contributed by atoms with van der Waals surface area (Å²) in [5.74, 6) is 1.06. The summed E-state index contributed by atoms with van der Waals surface area (Å²) >= 11 is 0. The number of aromatic nitrogens is 1. The van der Waals surface area contributed by atoms with Gasteiger partial charge in [0.25, 0.3) is 0 Å². The number of ether oxygens (including phenoxy) is 2. The predicted molar refractivity (Wildman–Crippen MR) is 127 cm³/mol. The van der Waals surface area contributed by atoms with Gasteiger partial charge in [-0.1, -0.05) is 60.7 Å². The van der Waals surface area contributed by atoms with Gasteiger partial charge in [-0.3, -0.25) is 4.79 Å². The maximum Gasteiger partial charge on any atom is 0.221 e. The fraction of sp³-hybridized carbons (Fsp3) is 0.222. The highest BCUT2D eigenvalue weighted by atomic mass is 16.5. The molecule has 0 spiro atoms. The number of fused-ring (bicyclic) bond motifs is 1. The Bertz CT molecular complexity index is 1200. The smallest absolute Gasteiger partial charge is 0.221 e. The third-order valence-electron chi connectivity index (χ3n) is 5.87. The number of benzene rings is 3. The molecule has 0 bridgehead atoms. The molecule has 0 fully saturated rings. The summed E-state index contributed by atoms with van der Waals surface area (Å²) in [7, 11) is 3.25. The molecule has 0 radical (unpaired) electrons. The predicted octanol–water partition coefficient (Wildman–Crippen LogP) is 5.58. The van der Waals surface area contributed by atoms with Gasteiger partial charge in [0.1, 0.15) is 0 Å². The first kappa shape index (κ1) is 21.5. The number of hydrogen-bond acceptors (Lipinski definition) is 3. The van der Waals surface area contributed by atoms with Crippen molar-refractivity contribution in [3.05, 3.63) is 95.7 Å². The van der Waals surface area contributed by atoms with Crippen LogP contribution in [0.4, 0.5) is 0 Å². The lowest BCUT2D eigenvalue weighted by Gasteiger charge is -2.22. The minimum Gasteiger partial charge on any atom is -0.493 e. The average molecular weight is 429 g/mol. The summed E-state index contributed by atoms with van der Waals surface area (Å²) in [5.41, 5.74) is 4.07. The number of rotatable bonds is 8. The van der Waals surface area contributed by atoms with Crippen molar-refractivity contribution in [1.82, 2.24) is 10.3 Å². The number of methoxy groups -OCH3 is 2. The summed E-state index contributed by atoms with van der Waals surface area (Å²) in [5, 5.41) is 4.24. The number of aromatic amines is 1. The highest BCUT2D eigenvalue weighted by Gasteiger charge is 2.26. The second kappa shape index (κ2) is 9.60. The molecular weight excluding hydrogens is 400 g/mol. The molecule has 2 atom stereocenters. The molecule has 164 valence electrons. The molecule has 0 aliphatic heterocycles. The summed E-state index contributed by atoms with van der Waals surface area (Å²) in [4.78, 5) is 16.5. The zero-order chi connectivity index (χ0) is 22.5. The molecule has 1 aromatic heterocycles. The van der Waals surface area contributed by atoms with Crippen LogP contribution < -0.4 is 14.8 Å². The van der Waals surface area contributed by atoms with Crippen molar-refractivity contribution in [2.24, 2.45) is 0 Å². The Kier molecular flexibility index (Phi) is 6.45. The lowest BCUT2D eigenvalue weighted by molar-refractivity contribution is -0.121. The van der Waals surface area contributed by atoms with Crippen LogP contribution in [0.3, 0.4) is 0 Å². The monoisotopic (exact) mass is 428 g/mol. The molecule has 4 aromatic rings. The van der Waals surface area contributed by atoms with Crippen LogP contribution in [0.2, 0.25) is 0 Å². The van der Waals surface area contributed by atoms with E-state index in [0.717, 1.165) is 27.6 Å². The third-order valence-corrected chi connectivity index (χ3v) is 5.87. The maximum atomic E-state index is 13.2. The van der Waals surface area contributed by atoms with Gasteiger partial charge in [-0.15, -0.1) is 0 Å². The fourth-order valence-corrected chi connectivity index (χ4v) is 4.27. The lowest BCUT2D eigenvalue weighted by atomic mass is 9.87. The second-order valence-corrected chi connectivity index (χ2v) is 7.83. The molecule has 5 nitrogen and oxygen atoms in total. The SMILES string of the molecule is COc1cccc([C@@H](CC(=O)N[C@H](C)c2ccccc2)c2c[nH]c3ccccc23)c1OC. The van der Waals surface area contributed by atoms with Gasteiger partial charge in [-0.25, -0.2) is 0 Å². The Balaban J connectivity index is 1.71. The Hall–Kier alpha value is -3.73. The van der Waals surface area contributed by atoms with Crippen LogP contribution in [0.15, 0.2) is 79.0 Å². The van der Waals surface area contributed by atoms with Crippen LogP contribution in [-0.4, -0.2) is 25.1 Å². The van der Waals surface area contributed by atoms with E-state index in [9.17, 15) is 4.79 Å². The molecule has 5 heteroatoms. The Labute approximate surface area is 188 Å². The summed E-state index contributed by atoms with van der Waals surface area (Å²) in [6, 6.07) is 23.8. The van der Waals surface area contributed by atoms with Crippen LogP contribution in [0.1, 0.15) is 42.0 Å². The first-order chi connectivity index (χ1) is 15.6. The van der Waals surface area contributed by atoms with Crippen molar-refractivity contribution < 1.29 is 14.3 Å². The number of amides is 1. The largest absolute Gasteiger partial charge is 0.493 e. The van der Waals surface area contributed by atoms with E-state index in [0.29, 0.717) is 11.5 Å². The van der Waals surface area contributed by atoms with E-state index in [4.69, 9.17) is 9.47 Å². The summed E-state index contributed by atoms with van der Waals surface area (Å²) in [6.45, 7) is 2.00. The highest BCUT2D eigenvalue weighted by Crippen LogP contribution is 2.42. The van der Waals surface area contributed by atoms with Gasteiger partial charge in [0.15, 0.2) is 11.5 Å². The van der Waals surface area contributed by atoms with Crippen LogP contribution in [0, 0.1) is 0 Å². The first-order valence-electron chi connectivity index (χ1n) is 10.7. The van der Waals surface area contributed by atoms with Crippen molar-refractivity contribution in [1.29, 1.82) is 0 Å². The normalized spacial score (nSPS) is 12.8. The van der Waals surface area contributed by atoms with E-state index in [1.54, 1.807) is 14.2 Å². The highest BCUT2D eigenvalue weighted by molar-refractivity contribution is 5.86. The van der Waals surface area contributed by atoms with Gasteiger partial charge >= 0.3 is 0 Å². The molecule has 1 heterocycles. The van der Waals surface area contributed by atoms with Crippen LogP contribution >= 0.6 is 0 Å². The molecule has 2 N–H and O–H groups in total. The van der Waals surface area contributed by atoms with Crippen molar-refractivity contribution in [3.8, 4) is 11.5 Å². The Morgan fingerprint density at radius 3 is 2.41 bits per heavy atom. The maximum absolute atomic E-state index is 13.2. The number of hydrogen-bond donors (Lipinski definition) is 2. The minimum absolute atomic E-state index is 0.0264. The number of carbonyl (C=O) groups excluding carboxylic acids is 1. The van der Waals surface area contributed by atoms with Gasteiger partial charge in [0.2, 0.25) is 5.91 Å². The van der Waals surface area contributed by atoms with E-state index in [2.05, 4.69) is 16.4 Å². The van der Waals surface area contributed by atoms with Crippen LogP contribution in [0.5, 0.6) is 11.5 Å². The fourth-order valence-electron chi connectivity index (χ4n) is 4.27. The van der Waals surface area contributed by atoms with Crippen molar-refractivity contribution in [3.63, 3.8) is 0 Å². The molecule has 0 unspecified atom stereocenters. The Morgan fingerprint density at radius 2 is 1.66 bits per heavy atom. The van der Waals surface area contributed by atoms with Crippen molar-refractivity contribution in [2.45, 2.75) is 25.3 Å². The molecule has 0 aliphatic carbocycles. The van der Waals surface area contributed by atoms with Gasteiger partial charge < -0.3 is 19.8 Å². The van der Waals surface area contributed by atoms with E-state index in [1.807, 2.05) is 79.9 Å². The van der Waals surface area contributed by atoms with Gasteiger partial charge in [-0.2, -0.15) is 0 Å². The molecule has 3 aromatic carbocycles. The van der Waals surface area contributed by atoms with Crippen LogP contribution in [-0.2, 0) is 4.79 Å². The first-order valence-corrected chi connectivity index (χ1v) is 10.7. The molecule has 32 heavy (non-hydrogen) atoms. The van der Waals surface area contributed by atoms with Crippen molar-refractivity contribution >= 4 is 16.8 Å². The standard InChI is InChI=1S/C27H28N2O3/c1-18(19-10-5-4-6-11-19)29-26(30)16-22(21-13-9-15-25(31-2)27(21)32-3)23-17-28-24-14-8-7-12-20(23)24/h4-15,17-18,22,28H,16H2,1-3H3,(H,29,30)/t18-,22-/m1/s1. The summed E-state index contributed by atoms with van der Waals surface area (Å²) < 4.78 is 11.2. The number of carbonyl (C=O) groups is 1. The third kappa shape index (κ3) is 4.33. The topological polar surface area (TPSA) is 63.3 Å². The quantitative estimate of drug-likeness (QED) is 0.385. The van der Waals surface area contributed by atoms with Crippen molar-refractivity contribution in [2.75, 3.05) is 14.2 Å². The average Bonchev–Trinajstić information content (AvgIpc) is 3.26. The molecule has 1 amide bonds. The molecule has 0 aliphatic rings. The zero-order valence-corrected chi connectivity index (χ0v) is 18.6. The lowest BCUT2D eigenvalue weighted by Crippen LogP contribution is -2.28. The molecule has 0 saturated carbocycles. The van der Waals surface area contributed by atoms with Crippen LogP contribution in [0.25, 0.3) is 10.9 Å². The van der Waals surface area contributed by atoms with E-state index < -0.39 is 0 Å². The molecular formula is C27H28N2O3. The van der Waals surface area contributed by atoms with Gasteiger partial charge in [-0.05, 0) is 30.2 Å². The summed E-state index contributed by atoms with van der Waals surface area (Å²) in [6.07, 6.45) is 2.27. The zero-order valence-electron chi connectivity index (χ0n) is 18.6. The number of nitrogens with one attached hydrogen (secondary N) is 2.